The third kappa shape index (κ3) is 5.28. The highest BCUT2D eigenvalue weighted by Gasteiger charge is 2.37. The van der Waals surface area contributed by atoms with E-state index in [1.165, 1.54) is 5.56 Å². The fourth-order valence-corrected chi connectivity index (χ4v) is 3.71. The second-order valence-electron chi connectivity index (χ2n) is 8.51. The molecular formula is C24H31NO3. The van der Waals surface area contributed by atoms with Gasteiger partial charge in [0.25, 0.3) is 0 Å². The summed E-state index contributed by atoms with van der Waals surface area (Å²) in [6.45, 7) is 9.89. The van der Waals surface area contributed by atoms with Crippen LogP contribution in [-0.2, 0) is 11.3 Å². The smallest absolute Gasteiger partial charge is 0.410 e. The van der Waals surface area contributed by atoms with Gasteiger partial charge in [-0.3, -0.25) is 0 Å². The van der Waals surface area contributed by atoms with Crippen molar-refractivity contribution in [2.24, 2.45) is 5.92 Å². The summed E-state index contributed by atoms with van der Waals surface area (Å²) in [7, 11) is 0. The number of hydrogen-bond acceptors (Lipinski definition) is 3. The van der Waals surface area contributed by atoms with Crippen LogP contribution in [0, 0.1) is 5.92 Å². The van der Waals surface area contributed by atoms with Crippen LogP contribution < -0.4 is 4.74 Å². The molecule has 4 heteroatoms. The Bertz CT molecular complexity index is 782. The number of benzene rings is 2. The van der Waals surface area contributed by atoms with Gasteiger partial charge in [-0.15, -0.1) is 0 Å². The first-order chi connectivity index (χ1) is 13.4. The number of rotatable bonds is 5. The van der Waals surface area contributed by atoms with E-state index in [0.29, 0.717) is 25.0 Å². The Labute approximate surface area is 168 Å². The molecule has 0 unspecified atom stereocenters. The first-order valence-corrected chi connectivity index (χ1v) is 10.1. The lowest BCUT2D eigenvalue weighted by Crippen LogP contribution is -2.35. The van der Waals surface area contributed by atoms with E-state index in [2.05, 4.69) is 31.2 Å². The molecule has 1 aliphatic heterocycles. The fourth-order valence-electron chi connectivity index (χ4n) is 3.71. The minimum atomic E-state index is -0.470. The van der Waals surface area contributed by atoms with Crippen molar-refractivity contribution < 1.29 is 14.3 Å². The summed E-state index contributed by atoms with van der Waals surface area (Å²) in [5.41, 5.74) is 1.90. The second-order valence-corrected chi connectivity index (χ2v) is 8.51. The lowest BCUT2D eigenvalue weighted by Gasteiger charge is -2.24. The Morgan fingerprint density at radius 1 is 1.07 bits per heavy atom. The monoisotopic (exact) mass is 381 g/mol. The van der Waals surface area contributed by atoms with Gasteiger partial charge in [-0.1, -0.05) is 55.8 Å². The van der Waals surface area contributed by atoms with Gasteiger partial charge in [0, 0.05) is 19.0 Å². The van der Waals surface area contributed by atoms with E-state index >= 15 is 0 Å². The van der Waals surface area contributed by atoms with Crippen LogP contribution in [0.5, 0.6) is 5.75 Å². The summed E-state index contributed by atoms with van der Waals surface area (Å²) in [5.74, 6) is 1.60. The molecule has 0 spiro atoms. The predicted molar refractivity (Wildman–Crippen MR) is 112 cm³/mol. The van der Waals surface area contributed by atoms with Gasteiger partial charge in [0.1, 0.15) is 18.0 Å². The van der Waals surface area contributed by atoms with Crippen molar-refractivity contribution >= 4 is 6.09 Å². The van der Waals surface area contributed by atoms with Gasteiger partial charge >= 0.3 is 6.09 Å². The zero-order valence-corrected chi connectivity index (χ0v) is 17.4. The van der Waals surface area contributed by atoms with Crippen LogP contribution in [0.2, 0.25) is 0 Å². The molecule has 3 rings (SSSR count). The van der Waals surface area contributed by atoms with Crippen molar-refractivity contribution in [3.63, 3.8) is 0 Å². The molecule has 0 aromatic heterocycles. The average molecular weight is 382 g/mol. The van der Waals surface area contributed by atoms with Crippen LogP contribution in [0.3, 0.4) is 0 Å². The van der Waals surface area contributed by atoms with Gasteiger partial charge in [0.2, 0.25) is 0 Å². The van der Waals surface area contributed by atoms with Gasteiger partial charge in [-0.25, -0.2) is 4.79 Å². The number of likely N-dealkylation sites (tertiary alicyclic amines) is 1. The highest BCUT2D eigenvalue weighted by molar-refractivity contribution is 5.68. The molecule has 2 aromatic carbocycles. The highest BCUT2D eigenvalue weighted by atomic mass is 16.6. The molecule has 0 saturated carbocycles. The minimum Gasteiger partial charge on any atom is -0.489 e. The zero-order chi connectivity index (χ0) is 20.1. The Balaban J connectivity index is 1.68. The number of carbonyl (C=O) groups is 1. The Hall–Kier alpha value is -2.49. The normalized spacial score (nSPS) is 19.5. The first-order valence-electron chi connectivity index (χ1n) is 10.1. The number of amides is 1. The van der Waals surface area contributed by atoms with E-state index in [0.717, 1.165) is 24.3 Å². The first kappa shape index (κ1) is 20.2. The minimum absolute atomic E-state index is 0.218. The van der Waals surface area contributed by atoms with E-state index in [9.17, 15) is 4.79 Å². The van der Waals surface area contributed by atoms with E-state index in [-0.39, 0.29) is 6.09 Å². The van der Waals surface area contributed by atoms with Gasteiger partial charge in [-0.05, 0) is 49.9 Å². The third-order valence-electron chi connectivity index (χ3n) is 5.15. The van der Waals surface area contributed by atoms with Gasteiger partial charge in [-0.2, -0.15) is 0 Å². The molecule has 4 nitrogen and oxygen atoms in total. The quantitative estimate of drug-likeness (QED) is 0.674. The number of ether oxygens (including phenoxy) is 2. The van der Waals surface area contributed by atoms with Crippen LogP contribution in [0.4, 0.5) is 4.79 Å². The maximum atomic E-state index is 12.5. The van der Waals surface area contributed by atoms with Crippen LogP contribution in [0.15, 0.2) is 54.6 Å². The van der Waals surface area contributed by atoms with Crippen molar-refractivity contribution in [2.45, 2.75) is 52.2 Å². The molecule has 1 saturated heterocycles. The van der Waals surface area contributed by atoms with Crippen LogP contribution in [-0.4, -0.2) is 29.7 Å². The number of hydrogen-bond donors (Lipinski definition) is 0. The average Bonchev–Trinajstić information content (AvgIpc) is 3.11. The standard InChI is InChI=1S/C24H31NO3/c1-5-19-15-25(23(26)28-24(2,3)4)16-22(19)20-12-9-13-21(14-20)27-17-18-10-7-6-8-11-18/h6-14,19,22H,5,15-17H2,1-4H3/t19-,22+/m0/s1. The van der Waals surface area contributed by atoms with E-state index in [1.807, 2.05) is 56.0 Å². The molecule has 0 bridgehead atoms. The van der Waals surface area contributed by atoms with Crippen molar-refractivity contribution in [1.82, 2.24) is 4.90 Å². The van der Waals surface area contributed by atoms with E-state index in [1.54, 1.807) is 0 Å². The molecule has 1 fully saturated rings. The molecule has 2 aromatic rings. The van der Waals surface area contributed by atoms with Crippen molar-refractivity contribution in [2.75, 3.05) is 13.1 Å². The molecule has 28 heavy (non-hydrogen) atoms. The molecule has 2 atom stereocenters. The molecule has 1 heterocycles. The lowest BCUT2D eigenvalue weighted by molar-refractivity contribution is 0.0286. The number of carbonyl (C=O) groups excluding carboxylic acids is 1. The Morgan fingerprint density at radius 3 is 2.50 bits per heavy atom. The molecular weight excluding hydrogens is 350 g/mol. The van der Waals surface area contributed by atoms with Crippen molar-refractivity contribution in [1.29, 1.82) is 0 Å². The lowest BCUT2D eigenvalue weighted by atomic mass is 9.87. The van der Waals surface area contributed by atoms with E-state index < -0.39 is 5.60 Å². The van der Waals surface area contributed by atoms with E-state index in [4.69, 9.17) is 9.47 Å². The second kappa shape index (κ2) is 8.68. The van der Waals surface area contributed by atoms with Crippen molar-refractivity contribution in [3.05, 3.63) is 65.7 Å². The molecule has 1 aliphatic rings. The summed E-state index contributed by atoms with van der Waals surface area (Å²) >= 11 is 0. The summed E-state index contributed by atoms with van der Waals surface area (Å²) < 4.78 is 11.6. The van der Waals surface area contributed by atoms with Gasteiger partial charge in [0.15, 0.2) is 0 Å². The van der Waals surface area contributed by atoms with Crippen molar-refractivity contribution in [3.8, 4) is 5.75 Å². The molecule has 150 valence electrons. The van der Waals surface area contributed by atoms with Crippen LogP contribution in [0.25, 0.3) is 0 Å². The molecule has 0 N–H and O–H groups in total. The largest absolute Gasteiger partial charge is 0.489 e. The maximum absolute atomic E-state index is 12.5. The summed E-state index contributed by atoms with van der Waals surface area (Å²) in [4.78, 5) is 14.4. The molecule has 0 aliphatic carbocycles. The van der Waals surface area contributed by atoms with Gasteiger partial charge < -0.3 is 14.4 Å². The Kier molecular flexibility index (Phi) is 6.28. The van der Waals surface area contributed by atoms with Crippen LogP contribution in [0.1, 0.15) is 51.2 Å². The fraction of sp³-hybridized carbons (Fsp3) is 0.458. The number of nitrogens with zero attached hydrogens (tertiary/aromatic N) is 1. The topological polar surface area (TPSA) is 38.8 Å². The molecule has 1 amide bonds. The molecule has 0 radical (unpaired) electrons. The van der Waals surface area contributed by atoms with Crippen LogP contribution >= 0.6 is 0 Å². The summed E-state index contributed by atoms with van der Waals surface area (Å²) in [5, 5.41) is 0. The highest BCUT2D eigenvalue weighted by Crippen LogP contribution is 2.36. The maximum Gasteiger partial charge on any atom is 0.410 e. The van der Waals surface area contributed by atoms with Gasteiger partial charge in [0.05, 0.1) is 0 Å². The third-order valence-corrected chi connectivity index (χ3v) is 5.15. The predicted octanol–water partition coefficient (Wildman–Crippen LogP) is 5.63. The zero-order valence-electron chi connectivity index (χ0n) is 17.4. The SMILES string of the molecule is CC[C@H]1CN(C(=O)OC(C)(C)C)C[C@H]1c1cccc(OCc2ccccc2)c1. The Morgan fingerprint density at radius 2 is 1.82 bits per heavy atom. The summed E-state index contributed by atoms with van der Waals surface area (Å²) in [6, 6.07) is 18.5. The summed E-state index contributed by atoms with van der Waals surface area (Å²) in [6.07, 6.45) is 0.809.